The monoisotopic (exact) mass is 276 g/mol. The van der Waals surface area contributed by atoms with E-state index in [1.54, 1.807) is 0 Å². The van der Waals surface area contributed by atoms with Crippen molar-refractivity contribution in [1.29, 1.82) is 0 Å². The summed E-state index contributed by atoms with van der Waals surface area (Å²) in [4.78, 5) is 4.54. The van der Waals surface area contributed by atoms with E-state index < -0.39 is 0 Å². The van der Waals surface area contributed by atoms with Crippen molar-refractivity contribution >= 4 is 28.8 Å². The molecule has 0 bridgehead atoms. The Hall–Kier alpha value is -1.51. The minimum absolute atomic E-state index is 0.614. The molecule has 0 unspecified atom stereocenters. The number of benzene rings is 1. The van der Waals surface area contributed by atoms with Crippen LogP contribution >= 0.6 is 23.2 Å². The van der Waals surface area contributed by atoms with E-state index >= 15 is 0 Å². The highest BCUT2D eigenvalue weighted by Gasteiger charge is 2.11. The average molecular weight is 277 g/mol. The molecule has 0 aliphatic rings. The molecule has 3 rings (SSSR count). The first kappa shape index (κ1) is 11.6. The molecule has 0 aliphatic heterocycles. The third-order valence-corrected chi connectivity index (χ3v) is 3.45. The Bertz CT molecular complexity index is 711. The van der Waals surface area contributed by atoms with E-state index in [0.717, 1.165) is 16.9 Å². The molecule has 0 N–H and O–H groups in total. The number of hydrogen-bond acceptors (Lipinski definition) is 1. The summed E-state index contributed by atoms with van der Waals surface area (Å²) in [6.07, 6.45) is 3.96. The van der Waals surface area contributed by atoms with E-state index in [4.69, 9.17) is 23.2 Å². The van der Waals surface area contributed by atoms with E-state index in [9.17, 15) is 0 Å². The first-order valence-corrected chi connectivity index (χ1v) is 6.30. The molecule has 4 heteroatoms. The Morgan fingerprint density at radius 3 is 2.44 bits per heavy atom. The summed E-state index contributed by atoms with van der Waals surface area (Å²) >= 11 is 12.4. The quantitative estimate of drug-likeness (QED) is 0.634. The van der Waals surface area contributed by atoms with Gasteiger partial charge in [0.2, 0.25) is 0 Å². The largest absolute Gasteiger partial charge is 0.306 e. The van der Waals surface area contributed by atoms with Crippen LogP contribution in [-0.2, 0) is 0 Å². The van der Waals surface area contributed by atoms with Crippen LogP contribution in [0.4, 0.5) is 0 Å². The number of imidazole rings is 1. The van der Waals surface area contributed by atoms with Crippen LogP contribution in [0.3, 0.4) is 0 Å². The molecule has 18 heavy (non-hydrogen) atoms. The lowest BCUT2D eigenvalue weighted by Crippen LogP contribution is -1.82. The highest BCUT2D eigenvalue weighted by atomic mass is 35.5. The lowest BCUT2D eigenvalue weighted by Gasteiger charge is -2.02. The molecule has 90 valence electrons. The first-order chi connectivity index (χ1) is 8.65. The topological polar surface area (TPSA) is 17.3 Å². The summed E-state index contributed by atoms with van der Waals surface area (Å²) in [6, 6.07) is 9.47. The number of halogens is 2. The molecule has 0 saturated heterocycles. The molecule has 2 heterocycles. The maximum Gasteiger partial charge on any atom is 0.137 e. The Balaban J connectivity index is 2.26. The van der Waals surface area contributed by atoms with Crippen molar-refractivity contribution in [2.75, 3.05) is 0 Å². The van der Waals surface area contributed by atoms with Gasteiger partial charge in [-0.1, -0.05) is 35.3 Å². The van der Waals surface area contributed by atoms with Crippen LogP contribution in [0.25, 0.3) is 16.9 Å². The zero-order valence-electron chi connectivity index (χ0n) is 9.69. The van der Waals surface area contributed by atoms with Crippen LogP contribution in [0.2, 0.25) is 10.0 Å². The van der Waals surface area contributed by atoms with Crippen molar-refractivity contribution in [3.63, 3.8) is 0 Å². The smallest absolute Gasteiger partial charge is 0.137 e. The molecule has 3 aromatic rings. The predicted molar refractivity (Wildman–Crippen MR) is 75.4 cm³/mol. The first-order valence-electron chi connectivity index (χ1n) is 5.55. The van der Waals surface area contributed by atoms with Gasteiger partial charge in [-0.2, -0.15) is 0 Å². The SMILES string of the molecule is Cc1ccc2nc(-c3c(Cl)cccc3Cl)cn2c1. The van der Waals surface area contributed by atoms with E-state index in [0.29, 0.717) is 10.0 Å². The van der Waals surface area contributed by atoms with Gasteiger partial charge in [-0.15, -0.1) is 0 Å². The standard InChI is InChI=1S/C14H10Cl2N2/c1-9-5-6-13-17-12(8-18(13)7-9)14-10(15)3-2-4-11(14)16/h2-8H,1H3. The zero-order valence-corrected chi connectivity index (χ0v) is 11.2. The highest BCUT2D eigenvalue weighted by Crippen LogP contribution is 2.33. The molecule has 0 spiro atoms. The molecular weight excluding hydrogens is 267 g/mol. The number of aromatic nitrogens is 2. The van der Waals surface area contributed by atoms with Gasteiger partial charge in [-0.05, 0) is 30.7 Å². The van der Waals surface area contributed by atoms with Crippen molar-refractivity contribution in [1.82, 2.24) is 9.38 Å². The van der Waals surface area contributed by atoms with Crippen LogP contribution in [0, 0.1) is 6.92 Å². The van der Waals surface area contributed by atoms with E-state index in [1.165, 1.54) is 5.56 Å². The van der Waals surface area contributed by atoms with Crippen LogP contribution in [0.1, 0.15) is 5.56 Å². The third-order valence-electron chi connectivity index (χ3n) is 2.82. The molecule has 0 radical (unpaired) electrons. The van der Waals surface area contributed by atoms with E-state index in [1.807, 2.05) is 54.0 Å². The average Bonchev–Trinajstić information content (AvgIpc) is 2.71. The summed E-state index contributed by atoms with van der Waals surface area (Å²) in [5.74, 6) is 0. The lowest BCUT2D eigenvalue weighted by molar-refractivity contribution is 1.16. The van der Waals surface area contributed by atoms with Crippen molar-refractivity contribution in [3.8, 4) is 11.3 Å². The van der Waals surface area contributed by atoms with Gasteiger partial charge in [0.25, 0.3) is 0 Å². The number of pyridine rings is 1. The molecule has 0 fully saturated rings. The zero-order chi connectivity index (χ0) is 12.7. The number of nitrogens with zero attached hydrogens (tertiary/aromatic N) is 2. The maximum absolute atomic E-state index is 6.19. The van der Waals surface area contributed by atoms with Crippen LogP contribution in [-0.4, -0.2) is 9.38 Å². The summed E-state index contributed by atoms with van der Waals surface area (Å²) in [6.45, 7) is 2.04. The molecule has 0 amide bonds. The summed E-state index contributed by atoms with van der Waals surface area (Å²) < 4.78 is 1.98. The molecule has 0 atom stereocenters. The van der Waals surface area contributed by atoms with Gasteiger partial charge in [-0.25, -0.2) is 4.98 Å². The van der Waals surface area contributed by atoms with Crippen LogP contribution in [0.5, 0.6) is 0 Å². The number of hydrogen-bond donors (Lipinski definition) is 0. The third kappa shape index (κ3) is 1.88. The van der Waals surface area contributed by atoms with E-state index in [-0.39, 0.29) is 0 Å². The minimum atomic E-state index is 0.614. The summed E-state index contributed by atoms with van der Waals surface area (Å²) in [5, 5.41) is 1.23. The van der Waals surface area contributed by atoms with Gasteiger partial charge in [0.15, 0.2) is 0 Å². The number of rotatable bonds is 1. The normalized spacial score (nSPS) is 11.1. The van der Waals surface area contributed by atoms with Crippen molar-refractivity contribution < 1.29 is 0 Å². The lowest BCUT2D eigenvalue weighted by atomic mass is 10.2. The van der Waals surface area contributed by atoms with Crippen molar-refractivity contribution in [2.24, 2.45) is 0 Å². The molecule has 2 aromatic heterocycles. The molecule has 1 aromatic carbocycles. The fourth-order valence-electron chi connectivity index (χ4n) is 1.97. The van der Waals surface area contributed by atoms with Crippen LogP contribution in [0.15, 0.2) is 42.7 Å². The summed E-state index contributed by atoms with van der Waals surface area (Å²) in [5.41, 5.74) is 3.63. The number of fused-ring (bicyclic) bond motifs is 1. The van der Waals surface area contributed by atoms with Gasteiger partial charge >= 0.3 is 0 Å². The maximum atomic E-state index is 6.19. The minimum Gasteiger partial charge on any atom is -0.306 e. The second kappa shape index (κ2) is 4.30. The van der Waals surface area contributed by atoms with Gasteiger partial charge in [0, 0.05) is 18.0 Å². The Morgan fingerprint density at radius 1 is 1.00 bits per heavy atom. The number of aryl methyl sites for hydroxylation is 1. The fraction of sp³-hybridized carbons (Fsp3) is 0.0714. The second-order valence-corrected chi connectivity index (χ2v) is 5.01. The molecule has 0 saturated carbocycles. The molecule has 0 aliphatic carbocycles. The van der Waals surface area contributed by atoms with Gasteiger partial charge in [-0.3, -0.25) is 0 Å². The van der Waals surface area contributed by atoms with Gasteiger partial charge in [0.05, 0.1) is 15.7 Å². The predicted octanol–water partition coefficient (Wildman–Crippen LogP) is 4.62. The Kier molecular flexibility index (Phi) is 2.77. The van der Waals surface area contributed by atoms with E-state index in [2.05, 4.69) is 4.98 Å². The summed E-state index contributed by atoms with van der Waals surface area (Å²) in [7, 11) is 0. The Labute approximate surface area is 115 Å². The van der Waals surface area contributed by atoms with Crippen molar-refractivity contribution in [3.05, 3.63) is 58.3 Å². The highest BCUT2D eigenvalue weighted by molar-refractivity contribution is 6.39. The Morgan fingerprint density at radius 2 is 1.72 bits per heavy atom. The van der Waals surface area contributed by atoms with Gasteiger partial charge in [0.1, 0.15) is 5.65 Å². The second-order valence-electron chi connectivity index (χ2n) is 4.19. The van der Waals surface area contributed by atoms with Crippen LogP contribution < -0.4 is 0 Å². The molecule has 2 nitrogen and oxygen atoms in total. The fourth-order valence-corrected chi connectivity index (χ4v) is 2.56. The molecular formula is C14H10Cl2N2. The van der Waals surface area contributed by atoms with Crippen molar-refractivity contribution in [2.45, 2.75) is 6.92 Å². The van der Waals surface area contributed by atoms with Gasteiger partial charge < -0.3 is 4.40 Å².